The number of thiocarbonyl (C=S) groups is 1. The lowest BCUT2D eigenvalue weighted by atomic mass is 10.1. The molecule has 4 rings (SSSR count). The van der Waals surface area contributed by atoms with Crippen LogP contribution in [-0.2, 0) is 6.54 Å². The van der Waals surface area contributed by atoms with Gasteiger partial charge in [-0.2, -0.15) is 5.10 Å². The zero-order valence-corrected chi connectivity index (χ0v) is 17.0. The van der Waals surface area contributed by atoms with Crippen LogP contribution >= 0.6 is 12.2 Å². The smallest absolute Gasteiger partial charge is 0.191 e. The summed E-state index contributed by atoms with van der Waals surface area (Å²) < 4.78 is 2.26. The Kier molecular flexibility index (Phi) is 5.68. The predicted molar refractivity (Wildman–Crippen MR) is 126 cm³/mol. The van der Waals surface area contributed by atoms with E-state index in [1.54, 1.807) is 0 Å². The summed E-state index contributed by atoms with van der Waals surface area (Å²) in [6, 6.07) is 26.7. The Bertz CT molecular complexity index is 1160. The summed E-state index contributed by atoms with van der Waals surface area (Å²) in [5, 5.41) is 9.05. The SMILES string of the molecule is Cc1cccc(Cn2cc(/C=N/NC(=S)Nc3ccccc3)c3ccccc32)c1. The van der Waals surface area contributed by atoms with Crippen molar-refractivity contribution in [2.75, 3.05) is 5.32 Å². The maximum absolute atomic E-state index is 5.31. The molecule has 0 bridgehead atoms. The maximum atomic E-state index is 5.31. The molecular weight excluding hydrogens is 376 g/mol. The van der Waals surface area contributed by atoms with Crippen LogP contribution in [0.5, 0.6) is 0 Å². The molecule has 3 aromatic carbocycles. The maximum Gasteiger partial charge on any atom is 0.191 e. The van der Waals surface area contributed by atoms with Crippen molar-refractivity contribution in [1.82, 2.24) is 9.99 Å². The van der Waals surface area contributed by atoms with Crippen LogP contribution in [-0.4, -0.2) is 15.9 Å². The molecule has 0 unspecified atom stereocenters. The largest absolute Gasteiger partial charge is 0.342 e. The summed E-state index contributed by atoms with van der Waals surface area (Å²) in [5.41, 5.74) is 8.59. The number of para-hydroxylation sites is 2. The summed E-state index contributed by atoms with van der Waals surface area (Å²) in [4.78, 5) is 0. The lowest BCUT2D eigenvalue weighted by molar-refractivity contribution is 0.835. The fraction of sp³-hybridized carbons (Fsp3) is 0.0833. The molecule has 144 valence electrons. The third kappa shape index (κ3) is 4.70. The Balaban J connectivity index is 1.51. The molecule has 2 N–H and O–H groups in total. The predicted octanol–water partition coefficient (Wildman–Crippen LogP) is 5.32. The van der Waals surface area contributed by atoms with E-state index >= 15 is 0 Å². The molecule has 0 saturated carbocycles. The van der Waals surface area contributed by atoms with Crippen molar-refractivity contribution in [2.24, 2.45) is 5.10 Å². The van der Waals surface area contributed by atoms with E-state index in [2.05, 4.69) is 76.0 Å². The van der Waals surface area contributed by atoms with Gasteiger partial charge in [0.05, 0.1) is 6.21 Å². The highest BCUT2D eigenvalue weighted by atomic mass is 32.1. The lowest BCUT2D eigenvalue weighted by Gasteiger charge is -2.06. The molecule has 0 aliphatic rings. The minimum Gasteiger partial charge on any atom is -0.342 e. The van der Waals surface area contributed by atoms with Crippen LogP contribution in [0.3, 0.4) is 0 Å². The third-order valence-electron chi connectivity index (χ3n) is 4.66. The van der Waals surface area contributed by atoms with E-state index in [4.69, 9.17) is 12.2 Å². The Morgan fingerprint density at radius 3 is 2.62 bits per heavy atom. The molecule has 0 aliphatic heterocycles. The van der Waals surface area contributed by atoms with Crippen LogP contribution < -0.4 is 10.7 Å². The van der Waals surface area contributed by atoms with Crippen LogP contribution in [0.1, 0.15) is 16.7 Å². The second-order valence-electron chi connectivity index (χ2n) is 6.91. The summed E-state index contributed by atoms with van der Waals surface area (Å²) >= 11 is 5.31. The second-order valence-corrected chi connectivity index (χ2v) is 7.32. The van der Waals surface area contributed by atoms with Gasteiger partial charge in [0.2, 0.25) is 0 Å². The molecule has 0 aliphatic carbocycles. The van der Waals surface area contributed by atoms with E-state index in [9.17, 15) is 0 Å². The molecule has 0 spiro atoms. The van der Waals surface area contributed by atoms with Gasteiger partial charge in [-0.25, -0.2) is 0 Å². The number of fused-ring (bicyclic) bond motifs is 1. The van der Waals surface area contributed by atoms with Gasteiger partial charge in [-0.05, 0) is 42.9 Å². The fourth-order valence-corrected chi connectivity index (χ4v) is 3.53. The number of rotatable bonds is 5. The van der Waals surface area contributed by atoms with E-state index in [0.717, 1.165) is 23.2 Å². The van der Waals surface area contributed by atoms with Gasteiger partial charge < -0.3 is 9.88 Å². The summed E-state index contributed by atoms with van der Waals surface area (Å²) in [7, 11) is 0. The van der Waals surface area contributed by atoms with Crippen LogP contribution in [0, 0.1) is 6.92 Å². The molecule has 29 heavy (non-hydrogen) atoms. The Hall–Kier alpha value is -3.44. The first-order valence-corrected chi connectivity index (χ1v) is 9.88. The lowest BCUT2D eigenvalue weighted by Crippen LogP contribution is -2.23. The van der Waals surface area contributed by atoms with Crippen LogP contribution in [0.25, 0.3) is 10.9 Å². The molecule has 0 atom stereocenters. The number of benzene rings is 3. The van der Waals surface area contributed by atoms with Crippen LogP contribution in [0.15, 0.2) is 90.2 Å². The van der Waals surface area contributed by atoms with Gasteiger partial charge >= 0.3 is 0 Å². The van der Waals surface area contributed by atoms with Crippen LogP contribution in [0.4, 0.5) is 5.69 Å². The molecule has 1 aromatic heterocycles. The van der Waals surface area contributed by atoms with E-state index in [1.807, 2.05) is 42.6 Å². The monoisotopic (exact) mass is 398 g/mol. The second kappa shape index (κ2) is 8.71. The molecular formula is C24H22N4S. The van der Waals surface area contributed by atoms with Crippen molar-refractivity contribution >= 4 is 40.1 Å². The number of hydrogen-bond acceptors (Lipinski definition) is 2. The van der Waals surface area contributed by atoms with Crippen LogP contribution in [0.2, 0.25) is 0 Å². The van der Waals surface area contributed by atoms with Gasteiger partial charge in [0.25, 0.3) is 0 Å². The van der Waals surface area contributed by atoms with Gasteiger partial charge in [0.15, 0.2) is 5.11 Å². The minimum atomic E-state index is 0.455. The van der Waals surface area contributed by atoms with Crippen molar-refractivity contribution in [3.05, 3.63) is 102 Å². The van der Waals surface area contributed by atoms with E-state index in [0.29, 0.717) is 5.11 Å². The summed E-state index contributed by atoms with van der Waals surface area (Å²) in [6.07, 6.45) is 3.94. The van der Waals surface area contributed by atoms with Crippen molar-refractivity contribution in [3.63, 3.8) is 0 Å². The van der Waals surface area contributed by atoms with Gasteiger partial charge in [-0.3, -0.25) is 5.43 Å². The summed E-state index contributed by atoms with van der Waals surface area (Å²) in [6.45, 7) is 2.94. The average molecular weight is 399 g/mol. The van der Waals surface area contributed by atoms with Gasteiger partial charge in [-0.15, -0.1) is 0 Å². The zero-order valence-electron chi connectivity index (χ0n) is 16.2. The fourth-order valence-electron chi connectivity index (χ4n) is 3.36. The van der Waals surface area contributed by atoms with Crippen molar-refractivity contribution in [2.45, 2.75) is 13.5 Å². The van der Waals surface area contributed by atoms with Crippen molar-refractivity contribution in [3.8, 4) is 0 Å². The Labute approximate surface area is 175 Å². The first kappa shape index (κ1) is 18.9. The minimum absolute atomic E-state index is 0.455. The number of hydrazone groups is 1. The van der Waals surface area contributed by atoms with Gasteiger partial charge in [-0.1, -0.05) is 66.2 Å². The number of nitrogens with zero attached hydrogens (tertiary/aromatic N) is 2. The van der Waals surface area contributed by atoms with E-state index in [-0.39, 0.29) is 0 Å². The molecule has 0 radical (unpaired) electrons. The number of nitrogens with one attached hydrogen (secondary N) is 2. The zero-order chi connectivity index (χ0) is 20.1. The Morgan fingerprint density at radius 2 is 1.79 bits per heavy atom. The highest BCUT2D eigenvalue weighted by Gasteiger charge is 2.07. The molecule has 5 heteroatoms. The average Bonchev–Trinajstić information content (AvgIpc) is 3.06. The molecule has 0 amide bonds. The topological polar surface area (TPSA) is 41.4 Å². The highest BCUT2D eigenvalue weighted by molar-refractivity contribution is 7.80. The number of aromatic nitrogens is 1. The standard InChI is InChI=1S/C24H22N4S/c1-18-8-7-9-19(14-18)16-28-17-20(22-12-5-6-13-23(22)28)15-25-27-24(29)26-21-10-3-2-4-11-21/h2-15,17H,16H2,1H3,(H2,26,27,29)/b25-15+. The van der Waals surface area contributed by atoms with E-state index in [1.165, 1.54) is 16.6 Å². The molecule has 0 saturated heterocycles. The molecule has 4 aromatic rings. The molecule has 1 heterocycles. The summed E-state index contributed by atoms with van der Waals surface area (Å²) in [5.74, 6) is 0. The first-order chi connectivity index (χ1) is 14.2. The molecule has 4 nitrogen and oxygen atoms in total. The number of hydrogen-bond donors (Lipinski definition) is 2. The van der Waals surface area contributed by atoms with Crippen molar-refractivity contribution < 1.29 is 0 Å². The highest BCUT2D eigenvalue weighted by Crippen LogP contribution is 2.21. The number of anilines is 1. The van der Waals surface area contributed by atoms with E-state index < -0.39 is 0 Å². The van der Waals surface area contributed by atoms with Crippen molar-refractivity contribution in [1.29, 1.82) is 0 Å². The van der Waals surface area contributed by atoms with Gasteiger partial charge in [0, 0.05) is 34.9 Å². The third-order valence-corrected chi connectivity index (χ3v) is 4.85. The quantitative estimate of drug-likeness (QED) is 0.272. The molecule has 0 fully saturated rings. The first-order valence-electron chi connectivity index (χ1n) is 9.47. The Morgan fingerprint density at radius 1 is 1.00 bits per heavy atom. The normalized spacial score (nSPS) is 11.1. The number of aryl methyl sites for hydroxylation is 1. The van der Waals surface area contributed by atoms with Gasteiger partial charge in [0.1, 0.15) is 0 Å².